The molecule has 0 radical (unpaired) electrons. The third-order valence-corrected chi connectivity index (χ3v) is 3.57. The second-order valence-electron chi connectivity index (χ2n) is 3.61. The lowest BCUT2D eigenvalue weighted by Crippen LogP contribution is -2.13. The summed E-state index contributed by atoms with van der Waals surface area (Å²) in [7, 11) is 0. The topological polar surface area (TPSA) is 33.1 Å². The molecule has 84 valence electrons. The van der Waals surface area contributed by atoms with Gasteiger partial charge in [-0.25, -0.2) is 0 Å². The molecule has 16 heavy (non-hydrogen) atoms. The number of pyridine rings is 1. The summed E-state index contributed by atoms with van der Waals surface area (Å²) in [6.45, 7) is 0. The van der Waals surface area contributed by atoms with Gasteiger partial charge in [0.2, 0.25) is 0 Å². The first-order valence-electron chi connectivity index (χ1n) is 5.04. The molecule has 0 bridgehead atoms. The number of aliphatic hydroxyl groups excluding tert-OH is 1. The number of aliphatic hydroxyl groups is 1. The lowest BCUT2D eigenvalue weighted by atomic mass is 10.1. The van der Waals surface area contributed by atoms with Gasteiger partial charge in [-0.2, -0.15) is 0 Å². The van der Waals surface area contributed by atoms with Gasteiger partial charge in [-0.15, -0.1) is 11.3 Å². The molecule has 0 aromatic carbocycles. The van der Waals surface area contributed by atoms with Gasteiger partial charge in [0.05, 0.1) is 11.1 Å². The van der Waals surface area contributed by atoms with E-state index in [0.717, 1.165) is 5.56 Å². The monoisotopic (exact) mass is 253 g/mol. The molecule has 0 saturated carbocycles. The van der Waals surface area contributed by atoms with Gasteiger partial charge in [-0.3, -0.25) is 4.98 Å². The van der Waals surface area contributed by atoms with E-state index in [1.807, 2.05) is 23.6 Å². The Bertz CT molecular complexity index is 444. The van der Waals surface area contributed by atoms with E-state index < -0.39 is 6.10 Å². The molecule has 2 aromatic heterocycles. The standard InChI is InChI=1S/C12H12ClNOS/c13-12-8-14-4-3-9(12)6-10(15)7-11-2-1-5-16-11/h1-5,8,10,15H,6-7H2. The van der Waals surface area contributed by atoms with Crippen LogP contribution >= 0.6 is 22.9 Å². The van der Waals surface area contributed by atoms with Gasteiger partial charge in [-0.05, 0) is 23.1 Å². The van der Waals surface area contributed by atoms with Crippen molar-refractivity contribution < 1.29 is 5.11 Å². The van der Waals surface area contributed by atoms with Crippen LogP contribution < -0.4 is 0 Å². The molecule has 0 aliphatic rings. The minimum Gasteiger partial charge on any atom is -0.392 e. The Morgan fingerprint density at radius 2 is 2.25 bits per heavy atom. The molecule has 2 heterocycles. The largest absolute Gasteiger partial charge is 0.392 e. The molecule has 2 rings (SSSR count). The molecule has 0 aliphatic heterocycles. The van der Waals surface area contributed by atoms with Crippen molar-refractivity contribution in [2.24, 2.45) is 0 Å². The molecular formula is C12H12ClNOS. The highest BCUT2D eigenvalue weighted by Crippen LogP contribution is 2.18. The maximum atomic E-state index is 9.93. The summed E-state index contributed by atoms with van der Waals surface area (Å²) in [6.07, 6.45) is 4.15. The summed E-state index contributed by atoms with van der Waals surface area (Å²) >= 11 is 7.64. The maximum absolute atomic E-state index is 9.93. The van der Waals surface area contributed by atoms with Crippen LogP contribution in [-0.4, -0.2) is 16.2 Å². The molecule has 2 aromatic rings. The van der Waals surface area contributed by atoms with Crippen LogP contribution in [0.5, 0.6) is 0 Å². The van der Waals surface area contributed by atoms with E-state index in [1.54, 1.807) is 23.7 Å². The van der Waals surface area contributed by atoms with E-state index >= 15 is 0 Å². The zero-order valence-corrected chi connectivity index (χ0v) is 10.2. The first-order valence-corrected chi connectivity index (χ1v) is 6.30. The third kappa shape index (κ3) is 3.04. The molecular weight excluding hydrogens is 242 g/mol. The number of thiophene rings is 1. The fourth-order valence-electron chi connectivity index (χ4n) is 1.56. The Kier molecular flexibility index (Phi) is 3.93. The third-order valence-electron chi connectivity index (χ3n) is 2.33. The minimum atomic E-state index is -0.390. The predicted octanol–water partition coefficient (Wildman–Crippen LogP) is 2.94. The van der Waals surface area contributed by atoms with Crippen molar-refractivity contribution >= 4 is 22.9 Å². The average Bonchev–Trinajstić information content (AvgIpc) is 2.74. The van der Waals surface area contributed by atoms with Crippen LogP contribution in [0.4, 0.5) is 0 Å². The van der Waals surface area contributed by atoms with Gasteiger partial charge < -0.3 is 5.11 Å². The second-order valence-corrected chi connectivity index (χ2v) is 5.05. The molecule has 0 aliphatic carbocycles. The normalized spacial score (nSPS) is 12.6. The van der Waals surface area contributed by atoms with Crippen molar-refractivity contribution in [3.63, 3.8) is 0 Å². The number of halogens is 1. The maximum Gasteiger partial charge on any atom is 0.0629 e. The summed E-state index contributed by atoms with van der Waals surface area (Å²) in [6, 6.07) is 5.87. The molecule has 4 heteroatoms. The molecule has 0 saturated heterocycles. The molecule has 1 unspecified atom stereocenters. The van der Waals surface area contributed by atoms with Crippen LogP contribution in [0.1, 0.15) is 10.4 Å². The van der Waals surface area contributed by atoms with Gasteiger partial charge in [0.25, 0.3) is 0 Å². The predicted molar refractivity (Wildman–Crippen MR) is 67.0 cm³/mol. The molecule has 0 fully saturated rings. The fraction of sp³-hybridized carbons (Fsp3) is 0.250. The second kappa shape index (κ2) is 5.43. The summed E-state index contributed by atoms with van der Waals surface area (Å²) in [4.78, 5) is 5.11. The van der Waals surface area contributed by atoms with Gasteiger partial charge in [-0.1, -0.05) is 17.7 Å². The van der Waals surface area contributed by atoms with Crippen LogP contribution in [0, 0.1) is 0 Å². The Balaban J connectivity index is 1.97. The van der Waals surface area contributed by atoms with Gasteiger partial charge in [0, 0.05) is 30.1 Å². The zero-order chi connectivity index (χ0) is 11.4. The van der Waals surface area contributed by atoms with E-state index in [2.05, 4.69) is 4.98 Å². The summed E-state index contributed by atoms with van der Waals surface area (Å²) in [5.74, 6) is 0. The van der Waals surface area contributed by atoms with E-state index in [9.17, 15) is 5.11 Å². The van der Waals surface area contributed by atoms with Crippen LogP contribution in [-0.2, 0) is 12.8 Å². The molecule has 2 nitrogen and oxygen atoms in total. The van der Waals surface area contributed by atoms with Crippen molar-refractivity contribution in [2.75, 3.05) is 0 Å². The van der Waals surface area contributed by atoms with Gasteiger partial charge in [0.1, 0.15) is 0 Å². The smallest absolute Gasteiger partial charge is 0.0629 e. The Morgan fingerprint density at radius 1 is 1.38 bits per heavy atom. The summed E-state index contributed by atoms with van der Waals surface area (Å²) in [5, 5.41) is 12.6. The van der Waals surface area contributed by atoms with E-state index in [4.69, 9.17) is 11.6 Å². The van der Waals surface area contributed by atoms with E-state index in [-0.39, 0.29) is 0 Å². The lowest BCUT2D eigenvalue weighted by molar-refractivity contribution is 0.176. The average molecular weight is 254 g/mol. The van der Waals surface area contributed by atoms with Gasteiger partial charge in [0.15, 0.2) is 0 Å². The summed E-state index contributed by atoms with van der Waals surface area (Å²) in [5.41, 5.74) is 0.945. The number of rotatable bonds is 4. The van der Waals surface area contributed by atoms with Gasteiger partial charge >= 0.3 is 0 Å². The van der Waals surface area contributed by atoms with E-state index in [1.165, 1.54) is 4.88 Å². The Morgan fingerprint density at radius 3 is 2.94 bits per heavy atom. The van der Waals surface area contributed by atoms with Crippen molar-refractivity contribution in [1.82, 2.24) is 4.98 Å². The van der Waals surface area contributed by atoms with Crippen LogP contribution in [0.15, 0.2) is 36.0 Å². The highest BCUT2D eigenvalue weighted by Gasteiger charge is 2.09. The van der Waals surface area contributed by atoms with Crippen molar-refractivity contribution in [3.05, 3.63) is 51.4 Å². The fourth-order valence-corrected chi connectivity index (χ4v) is 2.53. The first-order chi connectivity index (χ1) is 7.75. The quantitative estimate of drug-likeness (QED) is 0.909. The van der Waals surface area contributed by atoms with Crippen molar-refractivity contribution in [3.8, 4) is 0 Å². The Labute approximate surface area is 104 Å². The lowest BCUT2D eigenvalue weighted by Gasteiger charge is -2.10. The molecule has 0 spiro atoms. The van der Waals surface area contributed by atoms with Crippen LogP contribution in [0.3, 0.4) is 0 Å². The number of aromatic nitrogens is 1. The molecule has 0 amide bonds. The molecule has 1 atom stereocenters. The van der Waals surface area contributed by atoms with Crippen LogP contribution in [0.2, 0.25) is 5.02 Å². The number of hydrogen-bond donors (Lipinski definition) is 1. The summed E-state index contributed by atoms with van der Waals surface area (Å²) < 4.78 is 0. The molecule has 1 N–H and O–H groups in total. The van der Waals surface area contributed by atoms with Crippen molar-refractivity contribution in [1.29, 1.82) is 0 Å². The Hall–Kier alpha value is -0.900. The van der Waals surface area contributed by atoms with Crippen molar-refractivity contribution in [2.45, 2.75) is 18.9 Å². The zero-order valence-electron chi connectivity index (χ0n) is 8.64. The number of hydrogen-bond acceptors (Lipinski definition) is 3. The first kappa shape index (κ1) is 11.6. The number of nitrogens with zero attached hydrogens (tertiary/aromatic N) is 1. The van der Waals surface area contributed by atoms with E-state index in [0.29, 0.717) is 17.9 Å². The highest BCUT2D eigenvalue weighted by atomic mass is 35.5. The SMILES string of the molecule is OC(Cc1cccs1)Cc1ccncc1Cl. The van der Waals surface area contributed by atoms with Crippen LogP contribution in [0.25, 0.3) is 0 Å². The minimum absolute atomic E-state index is 0.390. The highest BCUT2D eigenvalue weighted by molar-refractivity contribution is 7.09.